The van der Waals surface area contributed by atoms with Crippen LogP contribution in [-0.2, 0) is 22.4 Å². The highest BCUT2D eigenvalue weighted by molar-refractivity contribution is 7.80. The van der Waals surface area contributed by atoms with Gasteiger partial charge in [0.1, 0.15) is 5.75 Å². The molecular weight excluding hydrogens is 362 g/mol. The maximum Gasteiger partial charge on any atom is 0.264 e. The molecule has 0 aliphatic heterocycles. The molecule has 0 bridgehead atoms. The van der Waals surface area contributed by atoms with Gasteiger partial charge in [-0.2, -0.15) is 0 Å². The number of rotatable bonds is 7. The number of amides is 2. The van der Waals surface area contributed by atoms with Crippen LogP contribution in [0.1, 0.15) is 24.5 Å². The number of carbonyl (C=O) groups excluding carboxylic acids is 2. The van der Waals surface area contributed by atoms with Crippen LogP contribution in [0.15, 0.2) is 54.6 Å². The summed E-state index contributed by atoms with van der Waals surface area (Å²) in [6.07, 6.45) is 1.88. The molecule has 0 heterocycles. The first-order valence-electron chi connectivity index (χ1n) is 8.71. The summed E-state index contributed by atoms with van der Waals surface area (Å²) in [5, 5.41) is 2.46. The van der Waals surface area contributed by atoms with Crippen molar-refractivity contribution in [3.63, 3.8) is 0 Å². The predicted octanol–water partition coefficient (Wildman–Crippen LogP) is 2.28. The van der Waals surface area contributed by atoms with E-state index < -0.39 is 5.91 Å². The maximum atomic E-state index is 11.8. The second kappa shape index (κ2) is 10.9. The Labute approximate surface area is 164 Å². The lowest BCUT2D eigenvalue weighted by Gasteiger charge is -2.11. The molecule has 0 aliphatic rings. The third kappa shape index (κ3) is 7.87. The van der Waals surface area contributed by atoms with Gasteiger partial charge in [-0.05, 0) is 48.3 Å². The Hall–Kier alpha value is -2.93. The molecule has 3 N–H and O–H groups in total. The van der Waals surface area contributed by atoms with Crippen molar-refractivity contribution in [1.29, 1.82) is 0 Å². The van der Waals surface area contributed by atoms with E-state index in [2.05, 4.69) is 23.1 Å². The molecule has 2 aromatic rings. The first kappa shape index (κ1) is 20.4. The number of hydrazine groups is 1. The van der Waals surface area contributed by atoms with E-state index in [0.29, 0.717) is 18.6 Å². The van der Waals surface area contributed by atoms with Crippen molar-refractivity contribution in [3.05, 3.63) is 65.7 Å². The van der Waals surface area contributed by atoms with Gasteiger partial charge in [-0.15, -0.1) is 0 Å². The Bertz CT molecular complexity index is 764. The summed E-state index contributed by atoms with van der Waals surface area (Å²) in [7, 11) is 0. The van der Waals surface area contributed by atoms with Crippen molar-refractivity contribution in [1.82, 2.24) is 16.2 Å². The number of thiocarbonyl (C=S) groups is 1. The number of nitrogens with one attached hydrogen (secondary N) is 3. The van der Waals surface area contributed by atoms with Crippen LogP contribution in [-0.4, -0.2) is 23.5 Å². The second-order valence-corrected chi connectivity index (χ2v) is 6.23. The van der Waals surface area contributed by atoms with Gasteiger partial charge in [0.15, 0.2) is 11.7 Å². The number of aryl methyl sites for hydroxylation is 2. The molecule has 2 aromatic carbocycles. The number of benzene rings is 2. The Balaban J connectivity index is 1.62. The first-order chi connectivity index (χ1) is 13.1. The average molecular weight is 385 g/mol. The largest absolute Gasteiger partial charge is 0.484 e. The van der Waals surface area contributed by atoms with E-state index in [-0.39, 0.29) is 17.6 Å². The van der Waals surface area contributed by atoms with Crippen molar-refractivity contribution in [2.75, 3.05) is 6.61 Å². The van der Waals surface area contributed by atoms with Crippen LogP contribution in [0, 0.1) is 0 Å². The lowest BCUT2D eigenvalue weighted by atomic mass is 10.1. The Morgan fingerprint density at radius 3 is 2.30 bits per heavy atom. The van der Waals surface area contributed by atoms with Crippen molar-refractivity contribution in [2.45, 2.75) is 26.2 Å². The van der Waals surface area contributed by atoms with Gasteiger partial charge in [0.2, 0.25) is 5.91 Å². The summed E-state index contributed by atoms with van der Waals surface area (Å²) in [5.74, 6) is -0.0243. The molecular formula is C20H23N3O3S. The summed E-state index contributed by atoms with van der Waals surface area (Å²) in [6.45, 7) is 1.90. The summed E-state index contributed by atoms with van der Waals surface area (Å²) in [4.78, 5) is 23.6. The van der Waals surface area contributed by atoms with Gasteiger partial charge in [0, 0.05) is 6.42 Å². The zero-order chi connectivity index (χ0) is 19.5. The average Bonchev–Trinajstić information content (AvgIpc) is 2.70. The molecule has 6 nitrogen and oxygen atoms in total. The van der Waals surface area contributed by atoms with Gasteiger partial charge in [-0.25, -0.2) is 0 Å². The molecule has 7 heteroatoms. The first-order valence-corrected chi connectivity index (χ1v) is 9.12. The van der Waals surface area contributed by atoms with Gasteiger partial charge in [0.05, 0.1) is 0 Å². The van der Waals surface area contributed by atoms with E-state index in [1.165, 1.54) is 5.56 Å². The summed E-state index contributed by atoms with van der Waals surface area (Å²) in [6, 6.07) is 17.2. The van der Waals surface area contributed by atoms with Crippen LogP contribution in [0.4, 0.5) is 0 Å². The molecule has 0 fully saturated rings. The van der Waals surface area contributed by atoms with Gasteiger partial charge >= 0.3 is 0 Å². The molecule has 2 amide bonds. The molecule has 0 saturated carbocycles. The molecule has 27 heavy (non-hydrogen) atoms. The molecule has 0 atom stereocenters. The van der Waals surface area contributed by atoms with Crippen LogP contribution in [0.5, 0.6) is 5.75 Å². The van der Waals surface area contributed by atoms with Crippen molar-refractivity contribution in [3.8, 4) is 5.75 Å². The number of hydrogen-bond acceptors (Lipinski definition) is 4. The molecule has 0 aliphatic carbocycles. The van der Waals surface area contributed by atoms with Gasteiger partial charge in [-0.3, -0.25) is 25.8 Å². The number of carbonyl (C=O) groups is 2. The smallest absolute Gasteiger partial charge is 0.264 e. The summed E-state index contributed by atoms with van der Waals surface area (Å²) in [5.41, 5.74) is 7.24. The van der Waals surface area contributed by atoms with Crippen LogP contribution < -0.4 is 20.9 Å². The highest BCUT2D eigenvalue weighted by Crippen LogP contribution is 2.12. The highest BCUT2D eigenvalue weighted by atomic mass is 32.1. The van der Waals surface area contributed by atoms with Crippen molar-refractivity contribution >= 4 is 29.1 Å². The quantitative estimate of drug-likeness (QED) is 0.503. The Kier molecular flexibility index (Phi) is 8.25. The maximum absolute atomic E-state index is 11.8. The van der Waals surface area contributed by atoms with Crippen LogP contribution in [0.3, 0.4) is 0 Å². The van der Waals surface area contributed by atoms with Gasteiger partial charge in [-0.1, -0.05) is 49.4 Å². The molecule has 2 rings (SSSR count). The van der Waals surface area contributed by atoms with E-state index >= 15 is 0 Å². The second-order valence-electron chi connectivity index (χ2n) is 5.82. The van der Waals surface area contributed by atoms with Gasteiger partial charge < -0.3 is 4.74 Å². The van der Waals surface area contributed by atoms with E-state index in [4.69, 9.17) is 17.0 Å². The summed E-state index contributed by atoms with van der Waals surface area (Å²) < 4.78 is 5.39. The molecule has 0 spiro atoms. The molecule has 0 saturated heterocycles. The zero-order valence-corrected chi connectivity index (χ0v) is 16.0. The van der Waals surface area contributed by atoms with Crippen LogP contribution in [0.25, 0.3) is 0 Å². The topological polar surface area (TPSA) is 79.5 Å². The minimum absolute atomic E-state index is 0.0120. The monoisotopic (exact) mass is 385 g/mol. The normalized spacial score (nSPS) is 9.96. The van der Waals surface area contributed by atoms with Crippen molar-refractivity contribution < 1.29 is 14.3 Å². The lowest BCUT2D eigenvalue weighted by molar-refractivity contribution is -0.123. The minimum Gasteiger partial charge on any atom is -0.484 e. The Morgan fingerprint density at radius 2 is 1.63 bits per heavy atom. The standard InChI is InChI=1S/C20H23N3O3S/c1-2-15-8-11-17(12-9-15)26-14-19(25)21-20(27)23-22-18(24)13-10-16-6-4-3-5-7-16/h3-9,11-12H,2,10,13-14H2,1H3,(H,22,24)(H2,21,23,25,27). The van der Waals surface area contributed by atoms with Crippen molar-refractivity contribution in [2.24, 2.45) is 0 Å². The van der Waals surface area contributed by atoms with Gasteiger partial charge in [0.25, 0.3) is 5.91 Å². The molecule has 0 aromatic heterocycles. The lowest BCUT2D eigenvalue weighted by Crippen LogP contribution is -2.49. The fourth-order valence-electron chi connectivity index (χ4n) is 2.26. The molecule has 142 valence electrons. The fourth-order valence-corrected chi connectivity index (χ4v) is 2.42. The minimum atomic E-state index is -0.411. The van der Waals surface area contributed by atoms with E-state index in [1.807, 2.05) is 54.6 Å². The molecule has 0 radical (unpaired) electrons. The summed E-state index contributed by atoms with van der Waals surface area (Å²) >= 11 is 4.98. The van der Waals surface area contributed by atoms with E-state index in [0.717, 1.165) is 12.0 Å². The zero-order valence-electron chi connectivity index (χ0n) is 15.2. The van der Waals surface area contributed by atoms with E-state index in [9.17, 15) is 9.59 Å². The highest BCUT2D eigenvalue weighted by Gasteiger charge is 2.07. The van der Waals surface area contributed by atoms with Crippen LogP contribution >= 0.6 is 12.2 Å². The third-order valence-corrected chi connectivity index (χ3v) is 3.96. The molecule has 0 unspecified atom stereocenters. The van der Waals surface area contributed by atoms with Crippen LogP contribution in [0.2, 0.25) is 0 Å². The number of ether oxygens (including phenoxy) is 1. The fraction of sp³-hybridized carbons (Fsp3) is 0.250. The Morgan fingerprint density at radius 1 is 0.926 bits per heavy atom. The predicted molar refractivity (Wildman–Crippen MR) is 108 cm³/mol. The number of hydrogen-bond donors (Lipinski definition) is 3. The van der Waals surface area contributed by atoms with E-state index in [1.54, 1.807) is 0 Å². The SMILES string of the molecule is CCc1ccc(OCC(=O)NC(=S)NNC(=O)CCc2ccccc2)cc1. The third-order valence-electron chi connectivity index (χ3n) is 3.75.